The van der Waals surface area contributed by atoms with Gasteiger partial charge >= 0.3 is 0 Å². The smallest absolute Gasteiger partial charge is 0.191 e. The van der Waals surface area contributed by atoms with Crippen molar-refractivity contribution in [1.82, 2.24) is 30.1 Å². The van der Waals surface area contributed by atoms with Crippen molar-refractivity contribution in [1.29, 1.82) is 0 Å². The van der Waals surface area contributed by atoms with Crippen LogP contribution in [0, 0.1) is 0 Å². The molecule has 1 fully saturated rings. The average molecular weight is 537 g/mol. The lowest BCUT2D eigenvalue weighted by Gasteiger charge is -2.27. The van der Waals surface area contributed by atoms with E-state index in [1.807, 2.05) is 41.4 Å². The van der Waals surface area contributed by atoms with Crippen molar-refractivity contribution in [2.45, 2.75) is 25.4 Å². The highest BCUT2D eigenvalue weighted by Crippen LogP contribution is 2.27. The number of nitrogens with zero attached hydrogens (tertiary/aromatic N) is 5. The van der Waals surface area contributed by atoms with Gasteiger partial charge in [0.25, 0.3) is 0 Å². The van der Waals surface area contributed by atoms with Crippen molar-refractivity contribution in [2.24, 2.45) is 4.99 Å². The van der Waals surface area contributed by atoms with E-state index in [0.717, 1.165) is 23.9 Å². The molecule has 160 valence electrons. The van der Waals surface area contributed by atoms with Gasteiger partial charge in [0.1, 0.15) is 12.1 Å². The second-order valence-corrected chi connectivity index (χ2v) is 8.05. The van der Waals surface area contributed by atoms with E-state index in [2.05, 4.69) is 54.1 Å². The Balaban J connectivity index is 0.00000256. The molecule has 3 aromatic rings. The van der Waals surface area contributed by atoms with Crippen molar-refractivity contribution in [3.05, 3.63) is 65.0 Å². The maximum absolute atomic E-state index is 4.41. The number of nitrogens with one attached hydrogen (secondary N) is 2. The highest BCUT2D eigenvalue weighted by atomic mass is 127. The van der Waals surface area contributed by atoms with E-state index < -0.39 is 0 Å². The van der Waals surface area contributed by atoms with Gasteiger partial charge in [0.2, 0.25) is 0 Å². The number of aliphatic imine (C=N–C) groups is 1. The molecule has 1 unspecified atom stereocenters. The molecule has 1 aliphatic rings. The van der Waals surface area contributed by atoms with E-state index in [1.165, 1.54) is 30.8 Å². The minimum Gasteiger partial charge on any atom is -0.354 e. The van der Waals surface area contributed by atoms with E-state index in [0.29, 0.717) is 12.6 Å². The third-order valence-corrected chi connectivity index (χ3v) is 6.15. The molecule has 1 aliphatic heterocycles. The number of hydrogen-bond acceptors (Lipinski definition) is 5. The maximum atomic E-state index is 4.41. The number of pyridine rings is 1. The summed E-state index contributed by atoms with van der Waals surface area (Å²) in [5.41, 5.74) is 1.14. The van der Waals surface area contributed by atoms with Crippen LogP contribution in [0.15, 0.2) is 59.6 Å². The summed E-state index contributed by atoms with van der Waals surface area (Å²) in [5.74, 6) is 1.67. The van der Waals surface area contributed by atoms with Crippen LogP contribution < -0.4 is 10.6 Å². The summed E-state index contributed by atoms with van der Waals surface area (Å²) >= 11 is 1.83. The number of rotatable bonds is 7. The Kier molecular flexibility index (Phi) is 8.64. The Hall–Kier alpha value is -1.98. The molecule has 2 N–H and O–H groups in total. The van der Waals surface area contributed by atoms with Crippen LogP contribution >= 0.6 is 35.3 Å². The van der Waals surface area contributed by atoms with E-state index >= 15 is 0 Å². The summed E-state index contributed by atoms with van der Waals surface area (Å²) in [7, 11) is 1.81. The zero-order chi connectivity index (χ0) is 19.9. The standard InChI is InChI=1S/C21H27N7S.HI/c1-22-21(25-14-17-6-7-24-20(13-17)28-11-8-23-16-28)26-15-18(19-5-4-12-29-19)27-9-2-3-10-27;/h4-8,11-13,16,18H,2-3,9-10,14-15H2,1H3,(H2,22,25,26);1H. The zero-order valence-electron chi connectivity index (χ0n) is 17.1. The molecule has 0 saturated carbocycles. The molecule has 0 radical (unpaired) electrons. The van der Waals surface area contributed by atoms with Crippen LogP contribution in [0.5, 0.6) is 0 Å². The fourth-order valence-electron chi connectivity index (χ4n) is 3.65. The molecule has 0 aliphatic carbocycles. The number of guanidine groups is 1. The summed E-state index contributed by atoms with van der Waals surface area (Å²) in [4.78, 5) is 16.9. The van der Waals surface area contributed by atoms with E-state index in [9.17, 15) is 0 Å². The van der Waals surface area contributed by atoms with Crippen LogP contribution in [0.4, 0.5) is 0 Å². The normalized spacial score (nSPS) is 15.6. The van der Waals surface area contributed by atoms with Crippen molar-refractivity contribution in [3.8, 4) is 5.82 Å². The summed E-state index contributed by atoms with van der Waals surface area (Å²) in [5, 5.41) is 9.10. The van der Waals surface area contributed by atoms with Gasteiger partial charge in [0, 0.05) is 43.6 Å². The molecule has 1 saturated heterocycles. The molecular weight excluding hydrogens is 509 g/mol. The van der Waals surface area contributed by atoms with Crippen LogP contribution in [0.25, 0.3) is 5.82 Å². The molecule has 9 heteroatoms. The molecule has 0 amide bonds. The molecule has 4 rings (SSSR count). The fraction of sp³-hybridized carbons (Fsp3) is 0.381. The topological polar surface area (TPSA) is 70.4 Å². The lowest BCUT2D eigenvalue weighted by Crippen LogP contribution is -2.42. The van der Waals surface area contributed by atoms with Gasteiger partial charge in [-0.05, 0) is 55.1 Å². The van der Waals surface area contributed by atoms with Gasteiger partial charge in [-0.3, -0.25) is 14.5 Å². The minimum absolute atomic E-state index is 0. The van der Waals surface area contributed by atoms with Crippen LogP contribution in [-0.4, -0.2) is 52.1 Å². The summed E-state index contributed by atoms with van der Waals surface area (Å²) in [6.07, 6.45) is 9.80. The Bertz CT molecular complexity index is 905. The van der Waals surface area contributed by atoms with Gasteiger partial charge in [-0.1, -0.05) is 6.07 Å². The lowest BCUT2D eigenvalue weighted by atomic mass is 10.2. The Labute approximate surface area is 198 Å². The molecule has 4 heterocycles. The van der Waals surface area contributed by atoms with Gasteiger partial charge in [0.05, 0.1) is 6.04 Å². The SMILES string of the molecule is CN=C(NCc1ccnc(-n2ccnc2)c1)NCC(c1cccs1)N1CCCC1.I. The van der Waals surface area contributed by atoms with Crippen LogP contribution in [-0.2, 0) is 6.54 Å². The van der Waals surface area contributed by atoms with Gasteiger partial charge in [-0.15, -0.1) is 35.3 Å². The first-order valence-electron chi connectivity index (χ1n) is 9.99. The van der Waals surface area contributed by atoms with E-state index in [1.54, 1.807) is 12.5 Å². The number of hydrogen-bond donors (Lipinski definition) is 2. The number of imidazole rings is 1. The first-order valence-corrected chi connectivity index (χ1v) is 10.9. The summed E-state index contributed by atoms with van der Waals surface area (Å²) in [6, 6.07) is 8.84. The monoisotopic (exact) mass is 537 g/mol. The summed E-state index contributed by atoms with van der Waals surface area (Å²) in [6.45, 7) is 3.86. The second-order valence-electron chi connectivity index (χ2n) is 7.07. The number of halogens is 1. The van der Waals surface area contributed by atoms with E-state index in [4.69, 9.17) is 0 Å². The highest BCUT2D eigenvalue weighted by molar-refractivity contribution is 14.0. The number of aromatic nitrogens is 3. The second kappa shape index (κ2) is 11.4. The molecular formula is C21H28IN7S. The third-order valence-electron chi connectivity index (χ3n) is 5.18. The van der Waals surface area contributed by atoms with Crippen molar-refractivity contribution in [3.63, 3.8) is 0 Å². The van der Waals surface area contributed by atoms with Gasteiger partial charge in [-0.2, -0.15) is 0 Å². The molecule has 30 heavy (non-hydrogen) atoms. The average Bonchev–Trinajstić information content (AvgIpc) is 3.54. The Morgan fingerprint density at radius 1 is 1.23 bits per heavy atom. The summed E-state index contributed by atoms with van der Waals surface area (Å²) < 4.78 is 1.90. The van der Waals surface area contributed by atoms with Crippen molar-refractivity contribution >= 4 is 41.3 Å². The molecule has 3 aromatic heterocycles. The Morgan fingerprint density at radius 3 is 2.80 bits per heavy atom. The molecule has 0 aromatic carbocycles. The molecule has 7 nitrogen and oxygen atoms in total. The maximum Gasteiger partial charge on any atom is 0.191 e. The largest absolute Gasteiger partial charge is 0.354 e. The lowest BCUT2D eigenvalue weighted by molar-refractivity contribution is 0.249. The van der Waals surface area contributed by atoms with Crippen LogP contribution in [0.3, 0.4) is 0 Å². The third kappa shape index (κ3) is 5.79. The van der Waals surface area contributed by atoms with Crippen molar-refractivity contribution in [2.75, 3.05) is 26.7 Å². The Morgan fingerprint density at radius 2 is 2.10 bits per heavy atom. The van der Waals surface area contributed by atoms with Gasteiger partial charge in [0.15, 0.2) is 5.96 Å². The fourth-order valence-corrected chi connectivity index (χ4v) is 4.51. The van der Waals surface area contributed by atoms with Gasteiger partial charge < -0.3 is 10.6 Å². The number of likely N-dealkylation sites (tertiary alicyclic amines) is 1. The quantitative estimate of drug-likeness (QED) is 0.275. The molecule has 0 bridgehead atoms. The zero-order valence-corrected chi connectivity index (χ0v) is 20.2. The molecule has 1 atom stereocenters. The number of thiophene rings is 1. The van der Waals surface area contributed by atoms with E-state index in [-0.39, 0.29) is 24.0 Å². The molecule has 0 spiro atoms. The van der Waals surface area contributed by atoms with Crippen molar-refractivity contribution < 1.29 is 0 Å². The first kappa shape index (κ1) is 22.7. The predicted molar refractivity (Wildman–Crippen MR) is 133 cm³/mol. The van der Waals surface area contributed by atoms with Crippen LogP contribution in [0.1, 0.15) is 29.3 Å². The van der Waals surface area contributed by atoms with Crippen LogP contribution in [0.2, 0.25) is 0 Å². The highest BCUT2D eigenvalue weighted by Gasteiger charge is 2.24. The first-order chi connectivity index (χ1) is 14.3. The minimum atomic E-state index is 0. The van der Waals surface area contributed by atoms with Gasteiger partial charge in [-0.25, -0.2) is 9.97 Å². The predicted octanol–water partition coefficient (Wildman–Crippen LogP) is 3.45.